The SMILES string of the molecule is COc1ccc(CNc2ccc3c(c2)[C@@]24CCCCC2[C@@H](C3)N(CC2CCC2)CC4)cc1. The number of fused-ring (bicyclic) bond motifs is 1. The number of hydrogen-bond acceptors (Lipinski definition) is 3. The lowest BCUT2D eigenvalue weighted by Crippen LogP contribution is -2.61. The number of benzene rings is 2. The summed E-state index contributed by atoms with van der Waals surface area (Å²) in [5.41, 5.74) is 6.35. The molecule has 1 saturated heterocycles. The van der Waals surface area contributed by atoms with E-state index in [0.717, 1.165) is 30.2 Å². The summed E-state index contributed by atoms with van der Waals surface area (Å²) in [4.78, 5) is 2.93. The van der Waals surface area contributed by atoms with Gasteiger partial charge in [-0.25, -0.2) is 0 Å². The highest BCUT2D eigenvalue weighted by atomic mass is 16.5. The van der Waals surface area contributed by atoms with E-state index >= 15 is 0 Å². The third-order valence-electron chi connectivity index (χ3n) is 9.32. The molecule has 2 aromatic carbocycles. The molecule has 3 fully saturated rings. The lowest BCUT2D eigenvalue weighted by Gasteiger charge is -2.59. The van der Waals surface area contributed by atoms with Crippen LogP contribution in [-0.4, -0.2) is 31.1 Å². The van der Waals surface area contributed by atoms with Gasteiger partial charge in [-0.05, 0) is 97.9 Å². The average Bonchev–Trinajstić information content (AvgIpc) is 2.81. The van der Waals surface area contributed by atoms with Crippen LogP contribution in [0.2, 0.25) is 0 Å². The Kier molecular flexibility index (Phi) is 5.41. The zero-order valence-electron chi connectivity index (χ0n) is 19.6. The predicted molar refractivity (Wildman–Crippen MR) is 131 cm³/mol. The van der Waals surface area contributed by atoms with Gasteiger partial charge >= 0.3 is 0 Å². The monoisotopic (exact) mass is 430 g/mol. The molecule has 1 heterocycles. The van der Waals surface area contributed by atoms with Crippen LogP contribution in [0.5, 0.6) is 5.75 Å². The Bertz CT molecular complexity index is 950. The number of ether oxygens (including phenoxy) is 1. The van der Waals surface area contributed by atoms with Crippen molar-refractivity contribution in [3.63, 3.8) is 0 Å². The van der Waals surface area contributed by atoms with Gasteiger partial charge in [0.25, 0.3) is 0 Å². The van der Waals surface area contributed by atoms with Crippen LogP contribution in [0.4, 0.5) is 5.69 Å². The van der Waals surface area contributed by atoms with Crippen molar-refractivity contribution in [1.29, 1.82) is 0 Å². The van der Waals surface area contributed by atoms with Gasteiger partial charge in [0, 0.05) is 30.2 Å². The van der Waals surface area contributed by atoms with Crippen molar-refractivity contribution < 1.29 is 4.74 Å². The van der Waals surface area contributed by atoms with Crippen LogP contribution in [0.3, 0.4) is 0 Å². The number of hydrogen-bond donors (Lipinski definition) is 1. The quantitative estimate of drug-likeness (QED) is 0.593. The third-order valence-corrected chi connectivity index (χ3v) is 9.32. The minimum atomic E-state index is 0.435. The third kappa shape index (κ3) is 3.53. The van der Waals surface area contributed by atoms with Crippen LogP contribution < -0.4 is 10.1 Å². The summed E-state index contributed by atoms with van der Waals surface area (Å²) in [5, 5.41) is 3.71. The van der Waals surface area contributed by atoms with Gasteiger partial charge in [-0.1, -0.05) is 37.5 Å². The van der Waals surface area contributed by atoms with Gasteiger partial charge < -0.3 is 10.1 Å². The molecule has 2 saturated carbocycles. The molecule has 0 amide bonds. The number of likely N-dealkylation sites (tertiary alicyclic amines) is 1. The second-order valence-electron chi connectivity index (χ2n) is 10.9. The zero-order valence-corrected chi connectivity index (χ0v) is 19.6. The first-order valence-corrected chi connectivity index (χ1v) is 13.0. The van der Waals surface area contributed by atoms with Gasteiger partial charge in [-0.2, -0.15) is 0 Å². The van der Waals surface area contributed by atoms with Crippen molar-refractivity contribution in [3.05, 3.63) is 59.2 Å². The van der Waals surface area contributed by atoms with Crippen LogP contribution in [-0.2, 0) is 18.4 Å². The number of nitrogens with one attached hydrogen (secondary N) is 1. The lowest BCUT2D eigenvalue weighted by molar-refractivity contribution is -0.0239. The molecule has 2 aromatic rings. The van der Waals surface area contributed by atoms with Gasteiger partial charge in [-0.15, -0.1) is 0 Å². The van der Waals surface area contributed by atoms with Crippen LogP contribution in [0, 0.1) is 11.8 Å². The van der Waals surface area contributed by atoms with E-state index in [9.17, 15) is 0 Å². The summed E-state index contributed by atoms with van der Waals surface area (Å²) >= 11 is 0. The minimum absolute atomic E-state index is 0.435. The molecule has 3 aliphatic carbocycles. The van der Waals surface area contributed by atoms with Crippen LogP contribution in [0.25, 0.3) is 0 Å². The molecule has 1 unspecified atom stereocenters. The number of piperidine rings is 1. The van der Waals surface area contributed by atoms with E-state index in [1.165, 1.54) is 82.1 Å². The average molecular weight is 431 g/mol. The second kappa shape index (κ2) is 8.41. The molecule has 32 heavy (non-hydrogen) atoms. The van der Waals surface area contributed by atoms with Gasteiger partial charge in [-0.3, -0.25) is 4.90 Å². The summed E-state index contributed by atoms with van der Waals surface area (Å²) in [6.07, 6.45) is 12.7. The molecule has 2 bridgehead atoms. The molecule has 3 atom stereocenters. The van der Waals surface area contributed by atoms with E-state index in [1.807, 2.05) is 12.1 Å². The second-order valence-corrected chi connectivity index (χ2v) is 10.9. The van der Waals surface area contributed by atoms with Gasteiger partial charge in [0.2, 0.25) is 0 Å². The Morgan fingerprint density at radius 3 is 2.66 bits per heavy atom. The molecule has 4 aliphatic rings. The van der Waals surface area contributed by atoms with Crippen molar-refractivity contribution in [1.82, 2.24) is 4.90 Å². The van der Waals surface area contributed by atoms with Gasteiger partial charge in [0.1, 0.15) is 5.75 Å². The van der Waals surface area contributed by atoms with Crippen molar-refractivity contribution >= 4 is 5.69 Å². The Morgan fingerprint density at radius 2 is 1.88 bits per heavy atom. The number of rotatable bonds is 6. The topological polar surface area (TPSA) is 24.5 Å². The Hall–Kier alpha value is -2.00. The standard InChI is InChI=1S/C29H38N2O/c1-32-25-12-8-21(9-13-25)19-30-24-11-10-23-17-28-26-7-2-3-14-29(26,27(23)18-24)15-16-31(28)20-22-5-4-6-22/h8-13,18,22,26,28,30H,2-7,14-17,19-20H2,1H3/t26?,28-,29-/m1/s1. The molecule has 3 nitrogen and oxygen atoms in total. The Labute approximate surface area is 193 Å². The van der Waals surface area contributed by atoms with Crippen molar-refractivity contribution in [2.75, 3.05) is 25.5 Å². The van der Waals surface area contributed by atoms with Gasteiger partial charge in [0.05, 0.1) is 7.11 Å². The largest absolute Gasteiger partial charge is 0.497 e. The number of methoxy groups -OCH3 is 1. The minimum Gasteiger partial charge on any atom is -0.497 e. The smallest absolute Gasteiger partial charge is 0.118 e. The Morgan fingerprint density at radius 1 is 1.00 bits per heavy atom. The summed E-state index contributed by atoms with van der Waals surface area (Å²) < 4.78 is 5.30. The first-order valence-electron chi connectivity index (χ1n) is 13.0. The fraction of sp³-hybridized carbons (Fsp3) is 0.586. The first kappa shape index (κ1) is 20.6. The zero-order chi connectivity index (χ0) is 21.5. The van der Waals surface area contributed by atoms with Crippen molar-refractivity contribution in [3.8, 4) is 5.75 Å². The molecule has 3 heteroatoms. The first-order chi connectivity index (χ1) is 15.7. The van der Waals surface area contributed by atoms with Crippen LogP contribution >= 0.6 is 0 Å². The molecule has 0 radical (unpaired) electrons. The van der Waals surface area contributed by atoms with Gasteiger partial charge in [0.15, 0.2) is 0 Å². The maximum atomic E-state index is 5.30. The van der Waals surface area contributed by atoms with E-state index in [1.54, 1.807) is 18.2 Å². The highest BCUT2D eigenvalue weighted by molar-refractivity contribution is 5.54. The molecule has 1 N–H and O–H groups in total. The van der Waals surface area contributed by atoms with E-state index < -0.39 is 0 Å². The summed E-state index contributed by atoms with van der Waals surface area (Å²) in [6.45, 7) is 3.55. The molecule has 170 valence electrons. The number of anilines is 1. The molecule has 0 spiro atoms. The highest BCUT2D eigenvalue weighted by Gasteiger charge is 2.53. The maximum Gasteiger partial charge on any atom is 0.118 e. The van der Waals surface area contributed by atoms with E-state index in [2.05, 4.69) is 40.5 Å². The van der Waals surface area contributed by atoms with Crippen molar-refractivity contribution in [2.45, 2.75) is 75.8 Å². The Balaban J connectivity index is 1.24. The van der Waals surface area contributed by atoms with Crippen molar-refractivity contribution in [2.24, 2.45) is 11.8 Å². The highest BCUT2D eigenvalue weighted by Crippen LogP contribution is 2.56. The number of nitrogens with zero attached hydrogens (tertiary/aromatic N) is 1. The summed E-state index contributed by atoms with van der Waals surface area (Å²) in [7, 11) is 1.72. The lowest BCUT2D eigenvalue weighted by atomic mass is 9.52. The fourth-order valence-corrected chi connectivity index (χ4v) is 7.38. The molecular weight excluding hydrogens is 392 g/mol. The normalized spacial score (nSPS) is 29.5. The molecule has 0 aromatic heterocycles. The molecule has 1 aliphatic heterocycles. The summed E-state index contributed by atoms with van der Waals surface area (Å²) in [6, 6.07) is 16.5. The molecule has 6 rings (SSSR count). The predicted octanol–water partition coefficient (Wildman–Crippen LogP) is 6.17. The van der Waals surface area contributed by atoms with Crippen LogP contribution in [0.15, 0.2) is 42.5 Å². The van der Waals surface area contributed by atoms with E-state index in [-0.39, 0.29) is 0 Å². The molecular formula is C29H38N2O. The maximum absolute atomic E-state index is 5.30. The van der Waals surface area contributed by atoms with E-state index in [4.69, 9.17) is 4.74 Å². The summed E-state index contributed by atoms with van der Waals surface area (Å²) in [5.74, 6) is 2.77. The van der Waals surface area contributed by atoms with E-state index in [0.29, 0.717) is 5.41 Å². The fourth-order valence-electron chi connectivity index (χ4n) is 7.38. The van der Waals surface area contributed by atoms with Crippen LogP contribution in [0.1, 0.15) is 68.1 Å².